The molecule has 0 saturated carbocycles. The molecule has 0 radical (unpaired) electrons. The summed E-state index contributed by atoms with van der Waals surface area (Å²) in [5.41, 5.74) is 1.30. The molecule has 2 rings (SSSR count). The van der Waals surface area contributed by atoms with E-state index in [1.54, 1.807) is 48.5 Å². The summed E-state index contributed by atoms with van der Waals surface area (Å²) in [6, 6.07) is 13.4. The van der Waals surface area contributed by atoms with Crippen molar-refractivity contribution in [3.05, 3.63) is 59.7 Å². The lowest BCUT2D eigenvalue weighted by molar-refractivity contribution is 0.111. The maximum absolute atomic E-state index is 12.0. The van der Waals surface area contributed by atoms with Crippen LogP contribution in [0.3, 0.4) is 0 Å². The van der Waals surface area contributed by atoms with Crippen molar-refractivity contribution in [2.75, 3.05) is 14.1 Å². The molecule has 0 atom stereocenters. The summed E-state index contributed by atoms with van der Waals surface area (Å²) in [6.07, 6.45) is 0.738. The average molecular weight is 319 g/mol. The number of hydrogen-bond acceptors (Lipinski definition) is 4. The van der Waals surface area contributed by atoms with E-state index in [4.69, 9.17) is 4.74 Å². The second kappa shape index (κ2) is 6.72. The van der Waals surface area contributed by atoms with Gasteiger partial charge in [0.2, 0.25) is 10.0 Å². The van der Waals surface area contributed by atoms with E-state index in [1.807, 2.05) is 0 Å². The molecule has 22 heavy (non-hydrogen) atoms. The largest absolute Gasteiger partial charge is 0.488 e. The van der Waals surface area contributed by atoms with E-state index in [0.717, 1.165) is 11.8 Å². The molecule has 0 bridgehead atoms. The second-order valence-electron chi connectivity index (χ2n) is 4.88. The molecule has 5 nitrogen and oxygen atoms in total. The van der Waals surface area contributed by atoms with E-state index in [9.17, 15) is 13.2 Å². The average Bonchev–Trinajstić information content (AvgIpc) is 2.53. The molecule has 0 aromatic heterocycles. The van der Waals surface area contributed by atoms with Crippen LogP contribution in [0.1, 0.15) is 15.9 Å². The molecule has 116 valence electrons. The molecule has 0 amide bonds. The van der Waals surface area contributed by atoms with Gasteiger partial charge in [0, 0.05) is 14.1 Å². The number of benzene rings is 2. The number of nitrogens with zero attached hydrogens (tertiary/aromatic N) is 1. The van der Waals surface area contributed by atoms with Crippen molar-refractivity contribution in [2.45, 2.75) is 11.5 Å². The summed E-state index contributed by atoms with van der Waals surface area (Å²) in [5, 5.41) is 0. The summed E-state index contributed by atoms with van der Waals surface area (Å²) in [5.74, 6) is 0.502. The predicted molar refractivity (Wildman–Crippen MR) is 83.5 cm³/mol. The molecule has 0 saturated heterocycles. The molecule has 0 fully saturated rings. The fourth-order valence-electron chi connectivity index (χ4n) is 1.84. The fourth-order valence-corrected chi connectivity index (χ4v) is 2.74. The lowest BCUT2D eigenvalue weighted by Crippen LogP contribution is -2.22. The summed E-state index contributed by atoms with van der Waals surface area (Å²) < 4.78 is 30.7. The highest BCUT2D eigenvalue weighted by Crippen LogP contribution is 2.19. The minimum absolute atomic E-state index is 0.231. The van der Waals surface area contributed by atoms with E-state index in [0.29, 0.717) is 11.3 Å². The number of carbonyl (C=O) groups is 1. The van der Waals surface area contributed by atoms with Crippen molar-refractivity contribution in [1.29, 1.82) is 0 Å². The molecular weight excluding hydrogens is 302 g/mol. The van der Waals surface area contributed by atoms with Gasteiger partial charge in [-0.25, -0.2) is 12.7 Å². The van der Waals surface area contributed by atoms with Crippen LogP contribution in [0.5, 0.6) is 5.75 Å². The number of aldehydes is 1. The van der Waals surface area contributed by atoms with Crippen LogP contribution in [0, 0.1) is 0 Å². The van der Waals surface area contributed by atoms with Crippen LogP contribution in [0.2, 0.25) is 0 Å². The first kappa shape index (κ1) is 16.2. The molecule has 0 aliphatic heterocycles. The van der Waals surface area contributed by atoms with Crippen molar-refractivity contribution in [1.82, 2.24) is 4.31 Å². The maximum Gasteiger partial charge on any atom is 0.242 e. The molecule has 0 aliphatic rings. The number of sulfonamides is 1. The minimum atomic E-state index is -3.43. The predicted octanol–water partition coefficient (Wildman–Crippen LogP) is 2.33. The summed E-state index contributed by atoms with van der Waals surface area (Å²) >= 11 is 0. The van der Waals surface area contributed by atoms with E-state index >= 15 is 0 Å². The Hall–Kier alpha value is -2.18. The highest BCUT2D eigenvalue weighted by Gasteiger charge is 2.16. The molecule has 0 heterocycles. The SMILES string of the molecule is CN(C)S(=O)(=O)c1ccc(COc2ccccc2C=O)cc1. The van der Waals surface area contributed by atoms with Crippen molar-refractivity contribution >= 4 is 16.3 Å². The zero-order valence-corrected chi connectivity index (χ0v) is 13.2. The van der Waals surface area contributed by atoms with Crippen molar-refractivity contribution < 1.29 is 17.9 Å². The highest BCUT2D eigenvalue weighted by molar-refractivity contribution is 7.89. The first-order valence-corrected chi connectivity index (χ1v) is 8.07. The molecule has 0 N–H and O–H groups in total. The van der Waals surface area contributed by atoms with Crippen LogP contribution < -0.4 is 4.74 Å². The second-order valence-corrected chi connectivity index (χ2v) is 7.03. The first-order valence-electron chi connectivity index (χ1n) is 6.63. The molecule has 0 unspecified atom stereocenters. The lowest BCUT2D eigenvalue weighted by atomic mass is 10.2. The highest BCUT2D eigenvalue weighted by atomic mass is 32.2. The normalized spacial score (nSPS) is 11.4. The Morgan fingerprint density at radius 3 is 2.27 bits per heavy atom. The third-order valence-corrected chi connectivity index (χ3v) is 4.97. The Morgan fingerprint density at radius 1 is 1.05 bits per heavy atom. The zero-order chi connectivity index (χ0) is 16.2. The summed E-state index contributed by atoms with van der Waals surface area (Å²) in [4.78, 5) is 11.1. The van der Waals surface area contributed by atoms with E-state index < -0.39 is 10.0 Å². The third kappa shape index (κ3) is 3.52. The summed E-state index contributed by atoms with van der Waals surface area (Å²) in [6.45, 7) is 0.257. The van der Waals surface area contributed by atoms with E-state index in [1.165, 1.54) is 18.4 Å². The maximum atomic E-state index is 12.0. The Bertz CT molecular complexity index is 752. The molecule has 0 aliphatic carbocycles. The van der Waals surface area contributed by atoms with Crippen LogP contribution in [-0.4, -0.2) is 33.1 Å². The van der Waals surface area contributed by atoms with Crippen LogP contribution in [0.15, 0.2) is 53.4 Å². The standard InChI is InChI=1S/C16H17NO4S/c1-17(2)22(19,20)15-9-7-13(8-10-15)12-21-16-6-4-3-5-14(16)11-18/h3-11H,12H2,1-2H3. The Morgan fingerprint density at radius 2 is 1.68 bits per heavy atom. The molecule has 2 aromatic carbocycles. The monoisotopic (exact) mass is 319 g/mol. The first-order chi connectivity index (χ1) is 10.4. The molecular formula is C16H17NO4S. The van der Waals surface area contributed by atoms with Crippen LogP contribution in [-0.2, 0) is 16.6 Å². The van der Waals surface area contributed by atoms with Crippen molar-refractivity contribution in [3.8, 4) is 5.75 Å². The molecule has 6 heteroatoms. The van der Waals surface area contributed by atoms with Gasteiger partial charge < -0.3 is 4.74 Å². The van der Waals surface area contributed by atoms with Gasteiger partial charge in [0.1, 0.15) is 12.4 Å². The van der Waals surface area contributed by atoms with E-state index in [-0.39, 0.29) is 11.5 Å². The Labute approximate surface area is 130 Å². The summed E-state index contributed by atoms with van der Waals surface area (Å²) in [7, 11) is -0.448. The minimum Gasteiger partial charge on any atom is -0.488 e. The third-order valence-electron chi connectivity index (χ3n) is 3.14. The van der Waals surface area contributed by atoms with Gasteiger partial charge in [-0.05, 0) is 29.8 Å². The lowest BCUT2D eigenvalue weighted by Gasteiger charge is -2.12. The van der Waals surface area contributed by atoms with Crippen LogP contribution >= 0.6 is 0 Å². The van der Waals surface area contributed by atoms with Gasteiger partial charge in [-0.3, -0.25) is 4.79 Å². The quantitative estimate of drug-likeness (QED) is 0.767. The van der Waals surface area contributed by atoms with Gasteiger partial charge in [0.25, 0.3) is 0 Å². The molecule has 0 spiro atoms. The van der Waals surface area contributed by atoms with Crippen LogP contribution in [0.4, 0.5) is 0 Å². The number of rotatable bonds is 6. The number of carbonyl (C=O) groups excluding carboxylic acids is 1. The number of para-hydroxylation sites is 1. The number of ether oxygens (including phenoxy) is 1. The van der Waals surface area contributed by atoms with E-state index in [2.05, 4.69) is 0 Å². The van der Waals surface area contributed by atoms with Crippen molar-refractivity contribution in [3.63, 3.8) is 0 Å². The van der Waals surface area contributed by atoms with Crippen LogP contribution in [0.25, 0.3) is 0 Å². The van der Waals surface area contributed by atoms with Gasteiger partial charge in [0.05, 0.1) is 10.5 Å². The number of hydrogen-bond donors (Lipinski definition) is 0. The van der Waals surface area contributed by atoms with Gasteiger partial charge >= 0.3 is 0 Å². The van der Waals surface area contributed by atoms with Gasteiger partial charge in [-0.1, -0.05) is 24.3 Å². The van der Waals surface area contributed by atoms with Gasteiger partial charge in [0.15, 0.2) is 6.29 Å². The van der Waals surface area contributed by atoms with Crippen molar-refractivity contribution in [2.24, 2.45) is 0 Å². The Balaban J connectivity index is 2.11. The zero-order valence-electron chi connectivity index (χ0n) is 12.4. The van der Waals surface area contributed by atoms with Gasteiger partial charge in [-0.15, -0.1) is 0 Å². The fraction of sp³-hybridized carbons (Fsp3) is 0.188. The Kier molecular flexibility index (Phi) is 4.95. The smallest absolute Gasteiger partial charge is 0.242 e. The van der Waals surface area contributed by atoms with Gasteiger partial charge in [-0.2, -0.15) is 0 Å². The molecule has 2 aromatic rings. The topological polar surface area (TPSA) is 63.7 Å².